The van der Waals surface area contributed by atoms with Crippen LogP contribution in [-0.2, 0) is 11.3 Å². The Balaban J connectivity index is 1.89. The second-order valence-electron chi connectivity index (χ2n) is 5.08. The molecule has 0 aliphatic carbocycles. The summed E-state index contributed by atoms with van der Waals surface area (Å²) >= 11 is 0. The summed E-state index contributed by atoms with van der Waals surface area (Å²) in [5.74, 6) is 1.48. The van der Waals surface area contributed by atoms with Crippen LogP contribution in [0.5, 0.6) is 5.75 Å². The van der Waals surface area contributed by atoms with Gasteiger partial charge in [-0.1, -0.05) is 12.1 Å². The van der Waals surface area contributed by atoms with Crippen LogP contribution in [0.15, 0.2) is 29.3 Å². The van der Waals surface area contributed by atoms with Crippen molar-refractivity contribution in [3.05, 3.63) is 29.8 Å². The molecule has 5 heteroatoms. The average molecular weight is 277 g/mol. The van der Waals surface area contributed by atoms with Gasteiger partial charge in [0.25, 0.3) is 0 Å². The summed E-state index contributed by atoms with van der Waals surface area (Å²) in [6.45, 7) is 7.69. The van der Waals surface area contributed by atoms with Gasteiger partial charge in [-0.15, -0.1) is 0 Å². The minimum Gasteiger partial charge on any atom is -0.491 e. The van der Waals surface area contributed by atoms with Crippen LogP contribution >= 0.6 is 0 Å². The Morgan fingerprint density at radius 2 is 1.95 bits per heavy atom. The zero-order chi connectivity index (χ0) is 14.4. The Bertz CT molecular complexity index is 437. The fourth-order valence-electron chi connectivity index (χ4n) is 2.01. The monoisotopic (exact) mass is 277 g/mol. The summed E-state index contributed by atoms with van der Waals surface area (Å²) in [5.41, 5.74) is 7.11. The Kier molecular flexibility index (Phi) is 5.24. The second kappa shape index (κ2) is 7.14. The van der Waals surface area contributed by atoms with E-state index >= 15 is 0 Å². The minimum atomic E-state index is 0.191. The average Bonchev–Trinajstić information content (AvgIpc) is 2.46. The summed E-state index contributed by atoms with van der Waals surface area (Å²) in [5, 5.41) is 0. The summed E-state index contributed by atoms with van der Waals surface area (Å²) in [4.78, 5) is 6.49. The Hall–Kier alpha value is -1.75. The van der Waals surface area contributed by atoms with Crippen LogP contribution in [0.2, 0.25) is 0 Å². The van der Waals surface area contributed by atoms with Crippen LogP contribution in [0.25, 0.3) is 0 Å². The van der Waals surface area contributed by atoms with Gasteiger partial charge >= 0.3 is 0 Å². The van der Waals surface area contributed by atoms with Gasteiger partial charge in [-0.3, -0.25) is 0 Å². The molecule has 0 atom stereocenters. The second-order valence-corrected chi connectivity index (χ2v) is 5.08. The van der Waals surface area contributed by atoms with E-state index in [-0.39, 0.29) is 6.10 Å². The normalized spacial score (nSPS) is 16.6. The highest BCUT2D eigenvalue weighted by Crippen LogP contribution is 2.14. The Morgan fingerprint density at radius 1 is 1.30 bits per heavy atom. The molecule has 20 heavy (non-hydrogen) atoms. The molecule has 0 unspecified atom stereocenters. The van der Waals surface area contributed by atoms with E-state index in [0.717, 1.165) is 37.6 Å². The smallest absolute Gasteiger partial charge is 0.191 e. The van der Waals surface area contributed by atoms with Gasteiger partial charge in [0.1, 0.15) is 5.75 Å². The summed E-state index contributed by atoms with van der Waals surface area (Å²) in [6.07, 6.45) is 0.191. The number of benzene rings is 1. The van der Waals surface area contributed by atoms with Crippen LogP contribution < -0.4 is 10.5 Å². The summed E-state index contributed by atoms with van der Waals surface area (Å²) in [7, 11) is 0. The fourth-order valence-corrected chi connectivity index (χ4v) is 2.01. The van der Waals surface area contributed by atoms with Crippen LogP contribution in [-0.4, -0.2) is 43.3 Å². The number of nitrogens with two attached hydrogens (primary N) is 1. The number of hydrogen-bond acceptors (Lipinski definition) is 3. The number of aliphatic imine (C=N–C) groups is 1. The zero-order valence-electron chi connectivity index (χ0n) is 12.2. The van der Waals surface area contributed by atoms with E-state index in [0.29, 0.717) is 12.5 Å². The molecular formula is C15H23N3O2. The fraction of sp³-hybridized carbons (Fsp3) is 0.533. The van der Waals surface area contributed by atoms with Gasteiger partial charge in [0.2, 0.25) is 0 Å². The van der Waals surface area contributed by atoms with Crippen molar-refractivity contribution >= 4 is 5.96 Å². The number of hydrogen-bond donors (Lipinski definition) is 1. The topological polar surface area (TPSA) is 60.1 Å². The highest BCUT2D eigenvalue weighted by molar-refractivity contribution is 5.78. The van der Waals surface area contributed by atoms with Gasteiger partial charge in [0, 0.05) is 13.1 Å². The molecule has 1 aliphatic heterocycles. The first kappa shape index (κ1) is 14.7. The lowest BCUT2D eigenvalue weighted by Gasteiger charge is -2.27. The Labute approximate surface area is 120 Å². The predicted molar refractivity (Wildman–Crippen MR) is 79.9 cm³/mol. The van der Waals surface area contributed by atoms with Gasteiger partial charge in [-0.05, 0) is 31.5 Å². The van der Waals surface area contributed by atoms with Crippen molar-refractivity contribution in [1.29, 1.82) is 0 Å². The molecule has 1 aliphatic rings. The molecule has 0 amide bonds. The molecule has 1 aromatic rings. The first-order chi connectivity index (χ1) is 9.65. The molecule has 0 spiro atoms. The van der Waals surface area contributed by atoms with Crippen molar-refractivity contribution in [3.8, 4) is 5.75 Å². The molecule has 0 bridgehead atoms. The third-order valence-corrected chi connectivity index (χ3v) is 3.05. The van der Waals surface area contributed by atoms with Crippen LogP contribution in [0.3, 0.4) is 0 Å². The molecule has 0 radical (unpaired) electrons. The quantitative estimate of drug-likeness (QED) is 0.671. The number of ether oxygens (including phenoxy) is 2. The molecule has 1 fully saturated rings. The lowest BCUT2D eigenvalue weighted by atomic mass is 10.2. The van der Waals surface area contributed by atoms with Crippen molar-refractivity contribution in [3.63, 3.8) is 0 Å². The number of morpholine rings is 1. The molecule has 1 heterocycles. The SMILES string of the molecule is CC(C)Oc1ccc(CN=C(N)N2CCOCC2)cc1. The van der Waals surface area contributed by atoms with Gasteiger partial charge in [0.15, 0.2) is 5.96 Å². The van der Waals surface area contributed by atoms with E-state index in [1.54, 1.807) is 0 Å². The molecule has 0 saturated carbocycles. The number of nitrogens with zero attached hydrogens (tertiary/aromatic N) is 2. The highest BCUT2D eigenvalue weighted by Gasteiger charge is 2.11. The maximum absolute atomic E-state index is 5.99. The predicted octanol–water partition coefficient (Wildman–Crippen LogP) is 1.62. The lowest BCUT2D eigenvalue weighted by molar-refractivity contribution is 0.0674. The highest BCUT2D eigenvalue weighted by atomic mass is 16.5. The molecular weight excluding hydrogens is 254 g/mol. The van der Waals surface area contributed by atoms with E-state index < -0.39 is 0 Å². The van der Waals surface area contributed by atoms with E-state index in [9.17, 15) is 0 Å². The molecule has 0 aromatic heterocycles. The third kappa shape index (κ3) is 4.42. The first-order valence-corrected chi connectivity index (χ1v) is 7.03. The molecule has 2 N–H and O–H groups in total. The number of rotatable bonds is 4. The third-order valence-electron chi connectivity index (χ3n) is 3.05. The minimum absolute atomic E-state index is 0.191. The van der Waals surface area contributed by atoms with Crippen molar-refractivity contribution in [2.45, 2.75) is 26.5 Å². The van der Waals surface area contributed by atoms with Crippen LogP contribution in [0.1, 0.15) is 19.4 Å². The molecule has 110 valence electrons. The van der Waals surface area contributed by atoms with Gasteiger partial charge in [-0.25, -0.2) is 4.99 Å². The maximum Gasteiger partial charge on any atom is 0.191 e. The molecule has 1 saturated heterocycles. The van der Waals surface area contributed by atoms with Crippen LogP contribution in [0.4, 0.5) is 0 Å². The number of guanidine groups is 1. The van der Waals surface area contributed by atoms with Crippen molar-refractivity contribution < 1.29 is 9.47 Å². The zero-order valence-corrected chi connectivity index (χ0v) is 12.2. The molecule has 1 aromatic carbocycles. The summed E-state index contributed by atoms with van der Waals surface area (Å²) in [6, 6.07) is 7.98. The standard InChI is InChI=1S/C15H23N3O2/c1-12(2)20-14-5-3-13(4-6-14)11-17-15(16)18-7-9-19-10-8-18/h3-6,12H,7-11H2,1-2H3,(H2,16,17). The van der Waals surface area contributed by atoms with E-state index in [1.165, 1.54) is 0 Å². The van der Waals surface area contributed by atoms with Crippen LogP contribution in [0, 0.1) is 0 Å². The van der Waals surface area contributed by atoms with E-state index in [1.807, 2.05) is 38.1 Å². The van der Waals surface area contributed by atoms with Crippen molar-refractivity contribution in [2.24, 2.45) is 10.7 Å². The van der Waals surface area contributed by atoms with Gasteiger partial charge < -0.3 is 20.1 Å². The van der Waals surface area contributed by atoms with E-state index in [2.05, 4.69) is 9.89 Å². The molecule has 2 rings (SSSR count). The largest absolute Gasteiger partial charge is 0.491 e. The van der Waals surface area contributed by atoms with E-state index in [4.69, 9.17) is 15.2 Å². The maximum atomic E-state index is 5.99. The van der Waals surface area contributed by atoms with Crippen molar-refractivity contribution in [2.75, 3.05) is 26.3 Å². The van der Waals surface area contributed by atoms with Crippen molar-refractivity contribution in [1.82, 2.24) is 4.90 Å². The van der Waals surface area contributed by atoms with Gasteiger partial charge in [-0.2, -0.15) is 0 Å². The lowest BCUT2D eigenvalue weighted by Crippen LogP contribution is -2.44. The van der Waals surface area contributed by atoms with Gasteiger partial charge in [0.05, 0.1) is 25.9 Å². The molecule has 5 nitrogen and oxygen atoms in total. The Morgan fingerprint density at radius 3 is 2.55 bits per heavy atom. The first-order valence-electron chi connectivity index (χ1n) is 7.03. The summed E-state index contributed by atoms with van der Waals surface area (Å²) < 4.78 is 10.9.